The molecule has 0 amide bonds. The summed E-state index contributed by atoms with van der Waals surface area (Å²) in [4.78, 5) is 10.1. The van der Waals surface area contributed by atoms with Crippen molar-refractivity contribution in [3.05, 3.63) is 0 Å². The lowest BCUT2D eigenvalue weighted by atomic mass is 10.2. The van der Waals surface area contributed by atoms with E-state index in [-0.39, 0.29) is 6.61 Å². The fourth-order valence-electron chi connectivity index (χ4n) is 1.01. The molecular formula is C10H20O5. The monoisotopic (exact) mass is 220 g/mol. The van der Waals surface area contributed by atoms with E-state index in [0.29, 0.717) is 19.8 Å². The summed E-state index contributed by atoms with van der Waals surface area (Å²) < 4.78 is 14.9. The molecule has 0 aliphatic heterocycles. The molecule has 5 nitrogen and oxygen atoms in total. The van der Waals surface area contributed by atoms with Crippen molar-refractivity contribution >= 4 is 5.97 Å². The van der Waals surface area contributed by atoms with Gasteiger partial charge >= 0.3 is 5.97 Å². The molecule has 15 heavy (non-hydrogen) atoms. The second-order valence-corrected chi connectivity index (χ2v) is 3.11. The van der Waals surface area contributed by atoms with Crippen LogP contribution in [0.3, 0.4) is 0 Å². The van der Waals surface area contributed by atoms with Gasteiger partial charge in [-0.05, 0) is 19.3 Å². The first-order valence-electron chi connectivity index (χ1n) is 5.13. The molecule has 0 unspecified atom stereocenters. The third kappa shape index (κ3) is 13.3. The molecule has 1 N–H and O–H groups in total. The number of aliphatic carboxylic acids is 1. The lowest BCUT2D eigenvalue weighted by Gasteiger charge is -2.04. The molecule has 0 aromatic carbocycles. The Kier molecular flexibility index (Phi) is 10.9. The Hall–Kier alpha value is -0.650. The van der Waals surface area contributed by atoms with Gasteiger partial charge in [-0.2, -0.15) is 0 Å². The molecular weight excluding hydrogens is 200 g/mol. The zero-order chi connectivity index (χ0) is 11.4. The van der Waals surface area contributed by atoms with E-state index in [4.69, 9.17) is 19.3 Å². The molecule has 0 heterocycles. The summed E-state index contributed by atoms with van der Waals surface area (Å²) in [6, 6.07) is 0. The molecule has 0 bridgehead atoms. The van der Waals surface area contributed by atoms with Gasteiger partial charge in [0.1, 0.15) is 6.61 Å². The number of carbonyl (C=O) groups is 1. The smallest absolute Gasteiger partial charge is 0.329 e. The van der Waals surface area contributed by atoms with Crippen LogP contribution < -0.4 is 0 Å². The molecule has 90 valence electrons. The summed E-state index contributed by atoms with van der Waals surface area (Å²) in [6.07, 6.45) is 3.14. The summed E-state index contributed by atoms with van der Waals surface area (Å²) in [7, 11) is 1.69. The minimum absolute atomic E-state index is 0.253. The van der Waals surface area contributed by atoms with Crippen molar-refractivity contribution in [2.75, 3.05) is 40.1 Å². The van der Waals surface area contributed by atoms with E-state index in [1.54, 1.807) is 7.11 Å². The van der Waals surface area contributed by atoms with Gasteiger partial charge in [-0.3, -0.25) is 0 Å². The van der Waals surface area contributed by atoms with Crippen LogP contribution in [-0.2, 0) is 19.0 Å². The maximum Gasteiger partial charge on any atom is 0.329 e. The minimum Gasteiger partial charge on any atom is -0.480 e. The van der Waals surface area contributed by atoms with Crippen molar-refractivity contribution in [1.29, 1.82) is 0 Å². The van der Waals surface area contributed by atoms with Gasteiger partial charge in [0, 0.05) is 20.3 Å². The van der Waals surface area contributed by atoms with Crippen LogP contribution in [0.15, 0.2) is 0 Å². The molecule has 0 saturated carbocycles. The summed E-state index contributed by atoms with van der Waals surface area (Å²) in [5, 5.41) is 8.26. The molecule has 0 aromatic rings. The first kappa shape index (κ1) is 14.3. The quantitative estimate of drug-likeness (QED) is 0.524. The lowest BCUT2D eigenvalue weighted by Crippen LogP contribution is -2.11. The van der Waals surface area contributed by atoms with Crippen LogP contribution in [-0.4, -0.2) is 51.2 Å². The summed E-state index contributed by atoms with van der Waals surface area (Å²) in [5.74, 6) is -0.949. The Morgan fingerprint density at radius 3 is 2.33 bits per heavy atom. The van der Waals surface area contributed by atoms with E-state index < -0.39 is 5.97 Å². The van der Waals surface area contributed by atoms with Gasteiger partial charge in [-0.1, -0.05) is 0 Å². The highest BCUT2D eigenvalue weighted by Crippen LogP contribution is 1.95. The average Bonchev–Trinajstić information content (AvgIpc) is 2.20. The fourth-order valence-corrected chi connectivity index (χ4v) is 1.01. The van der Waals surface area contributed by atoms with Crippen LogP contribution in [0.1, 0.15) is 19.3 Å². The molecule has 0 aliphatic rings. The van der Waals surface area contributed by atoms with Gasteiger partial charge in [-0.15, -0.1) is 0 Å². The third-order valence-corrected chi connectivity index (χ3v) is 1.73. The maximum atomic E-state index is 10.1. The van der Waals surface area contributed by atoms with Crippen LogP contribution in [0.4, 0.5) is 0 Å². The SMILES string of the molecule is COCCCCCOCCOCC(=O)O. The van der Waals surface area contributed by atoms with Crippen molar-refractivity contribution in [1.82, 2.24) is 0 Å². The largest absolute Gasteiger partial charge is 0.480 e. The van der Waals surface area contributed by atoms with Gasteiger partial charge in [0.2, 0.25) is 0 Å². The number of carboxylic acid groups (broad SMARTS) is 1. The number of ether oxygens (including phenoxy) is 3. The van der Waals surface area contributed by atoms with E-state index >= 15 is 0 Å². The zero-order valence-corrected chi connectivity index (χ0v) is 9.24. The molecule has 0 atom stereocenters. The molecule has 0 aromatic heterocycles. The number of hydrogen-bond acceptors (Lipinski definition) is 4. The Morgan fingerprint density at radius 1 is 1.00 bits per heavy atom. The first-order valence-corrected chi connectivity index (χ1v) is 5.13. The van der Waals surface area contributed by atoms with E-state index in [1.807, 2.05) is 0 Å². The maximum absolute atomic E-state index is 10.1. The fraction of sp³-hybridized carbons (Fsp3) is 0.900. The van der Waals surface area contributed by atoms with Crippen molar-refractivity contribution in [2.45, 2.75) is 19.3 Å². The first-order chi connectivity index (χ1) is 7.27. The number of hydrogen-bond donors (Lipinski definition) is 1. The topological polar surface area (TPSA) is 65.0 Å². The number of carboxylic acids is 1. The van der Waals surface area contributed by atoms with Crippen molar-refractivity contribution < 1.29 is 24.1 Å². The van der Waals surface area contributed by atoms with Gasteiger partial charge in [0.05, 0.1) is 13.2 Å². The third-order valence-electron chi connectivity index (χ3n) is 1.73. The molecule has 5 heteroatoms. The molecule has 0 saturated heterocycles. The van der Waals surface area contributed by atoms with E-state index in [2.05, 4.69) is 0 Å². The molecule has 0 radical (unpaired) electrons. The van der Waals surface area contributed by atoms with Crippen molar-refractivity contribution in [2.24, 2.45) is 0 Å². The summed E-state index contributed by atoms with van der Waals surface area (Å²) in [5.41, 5.74) is 0. The Labute approximate surface area is 90.3 Å². The lowest BCUT2D eigenvalue weighted by molar-refractivity contribution is -0.142. The highest BCUT2D eigenvalue weighted by Gasteiger charge is 1.95. The van der Waals surface area contributed by atoms with E-state index in [1.165, 1.54) is 0 Å². The van der Waals surface area contributed by atoms with Gasteiger partial charge in [-0.25, -0.2) is 4.79 Å². The van der Waals surface area contributed by atoms with Crippen LogP contribution in [0.2, 0.25) is 0 Å². The molecule has 0 spiro atoms. The number of rotatable bonds is 11. The normalized spacial score (nSPS) is 10.5. The minimum atomic E-state index is -0.949. The molecule has 0 aliphatic carbocycles. The number of unbranched alkanes of at least 4 members (excludes halogenated alkanes) is 2. The zero-order valence-electron chi connectivity index (χ0n) is 9.24. The van der Waals surface area contributed by atoms with Crippen LogP contribution in [0.25, 0.3) is 0 Å². The predicted molar refractivity (Wildman–Crippen MR) is 55.0 cm³/mol. The van der Waals surface area contributed by atoms with Crippen LogP contribution >= 0.6 is 0 Å². The second-order valence-electron chi connectivity index (χ2n) is 3.11. The van der Waals surface area contributed by atoms with E-state index in [0.717, 1.165) is 25.9 Å². The summed E-state index contributed by atoms with van der Waals surface area (Å²) in [6.45, 7) is 2.03. The Balaban J connectivity index is 2.89. The summed E-state index contributed by atoms with van der Waals surface area (Å²) >= 11 is 0. The molecule has 0 rings (SSSR count). The van der Waals surface area contributed by atoms with Gasteiger partial charge < -0.3 is 19.3 Å². The highest BCUT2D eigenvalue weighted by atomic mass is 16.5. The van der Waals surface area contributed by atoms with Crippen molar-refractivity contribution in [3.63, 3.8) is 0 Å². The predicted octanol–water partition coefficient (Wildman–Crippen LogP) is 0.921. The average molecular weight is 220 g/mol. The van der Waals surface area contributed by atoms with Crippen LogP contribution in [0, 0.1) is 0 Å². The standard InChI is InChI=1S/C10H20O5/c1-13-5-3-2-4-6-14-7-8-15-9-10(11)12/h2-9H2,1H3,(H,11,12). The van der Waals surface area contributed by atoms with Gasteiger partial charge in [0.15, 0.2) is 0 Å². The van der Waals surface area contributed by atoms with Gasteiger partial charge in [0.25, 0.3) is 0 Å². The second kappa shape index (κ2) is 11.4. The number of methoxy groups -OCH3 is 1. The van der Waals surface area contributed by atoms with Crippen LogP contribution in [0.5, 0.6) is 0 Å². The van der Waals surface area contributed by atoms with Crippen molar-refractivity contribution in [3.8, 4) is 0 Å². The molecule has 0 fully saturated rings. The Morgan fingerprint density at radius 2 is 1.67 bits per heavy atom. The van der Waals surface area contributed by atoms with E-state index in [9.17, 15) is 4.79 Å². The Bertz CT molecular complexity index is 149. The highest BCUT2D eigenvalue weighted by molar-refractivity contribution is 5.67.